The lowest BCUT2D eigenvalue weighted by atomic mass is 10.1. The molecule has 4 N–H and O–H groups in total. The van der Waals surface area contributed by atoms with Crippen molar-refractivity contribution in [1.82, 2.24) is 10.6 Å². The Morgan fingerprint density at radius 1 is 1.08 bits per heavy atom. The molecule has 0 spiro atoms. The zero-order valence-corrected chi connectivity index (χ0v) is 14.3. The molecule has 7 heteroatoms. The Hall–Kier alpha value is -2.41. The molecule has 1 rings (SSSR count). The number of benzene rings is 1. The Labute approximate surface area is 141 Å². The van der Waals surface area contributed by atoms with Gasteiger partial charge in [0.2, 0.25) is 11.8 Å². The second-order valence-corrected chi connectivity index (χ2v) is 6.38. The smallest absolute Gasteiger partial charge is 0.325 e. The van der Waals surface area contributed by atoms with E-state index in [2.05, 4.69) is 10.6 Å². The summed E-state index contributed by atoms with van der Waals surface area (Å²) in [6.07, 6.45) is 0.381. The molecule has 0 bridgehead atoms. The molecule has 0 aliphatic carbocycles. The monoisotopic (exact) mass is 335 g/mol. The second-order valence-electron chi connectivity index (χ2n) is 6.38. The van der Waals surface area contributed by atoms with Gasteiger partial charge in [-0.1, -0.05) is 30.3 Å². The van der Waals surface area contributed by atoms with E-state index in [1.807, 2.05) is 30.3 Å². The van der Waals surface area contributed by atoms with Gasteiger partial charge in [0.15, 0.2) is 0 Å². The molecular weight excluding hydrogens is 310 g/mol. The molecule has 0 aliphatic heterocycles. The molecule has 0 fully saturated rings. The van der Waals surface area contributed by atoms with Crippen molar-refractivity contribution in [1.29, 1.82) is 0 Å². The quantitative estimate of drug-likeness (QED) is 0.614. The van der Waals surface area contributed by atoms with Crippen molar-refractivity contribution < 1.29 is 19.1 Å². The Morgan fingerprint density at radius 2 is 1.71 bits per heavy atom. The fourth-order valence-corrected chi connectivity index (χ4v) is 1.87. The number of hydrogen-bond donors (Lipinski definition) is 3. The summed E-state index contributed by atoms with van der Waals surface area (Å²) >= 11 is 0. The average Bonchev–Trinajstić information content (AvgIpc) is 2.49. The summed E-state index contributed by atoms with van der Waals surface area (Å²) in [6.45, 7) is 4.72. The molecule has 1 aromatic rings. The third-order valence-electron chi connectivity index (χ3n) is 2.91. The van der Waals surface area contributed by atoms with Crippen LogP contribution in [-0.4, -0.2) is 42.5 Å². The molecule has 1 aromatic carbocycles. The molecular formula is C17H25N3O4. The summed E-state index contributed by atoms with van der Waals surface area (Å²) < 4.78 is 5.06. The van der Waals surface area contributed by atoms with Gasteiger partial charge in [0.25, 0.3) is 0 Å². The van der Waals surface area contributed by atoms with E-state index in [0.717, 1.165) is 5.56 Å². The summed E-state index contributed by atoms with van der Waals surface area (Å²) in [5.41, 5.74) is 6.14. The first kappa shape index (κ1) is 19.6. The largest absolute Gasteiger partial charge is 0.459 e. The SMILES string of the molecule is CC(C)(C)OC(=O)CNC(=O)CNC(=O)[C@@H](N)Cc1ccccc1. The number of carbonyl (C=O) groups excluding carboxylic acids is 3. The van der Waals surface area contributed by atoms with Gasteiger partial charge in [0.1, 0.15) is 12.1 Å². The molecule has 132 valence electrons. The average molecular weight is 335 g/mol. The van der Waals surface area contributed by atoms with Crippen LogP contribution in [-0.2, 0) is 25.5 Å². The molecule has 2 amide bonds. The summed E-state index contributed by atoms with van der Waals surface area (Å²) in [5, 5.41) is 4.83. The van der Waals surface area contributed by atoms with Gasteiger partial charge in [0.05, 0.1) is 12.6 Å². The van der Waals surface area contributed by atoms with Crippen LogP contribution >= 0.6 is 0 Å². The standard InChI is InChI=1S/C17H25N3O4/c1-17(2,3)24-15(22)11-19-14(21)10-20-16(23)13(18)9-12-7-5-4-6-8-12/h4-8,13H,9-11,18H2,1-3H3,(H,19,21)(H,20,23)/t13-/m0/s1. The van der Waals surface area contributed by atoms with Crippen molar-refractivity contribution in [2.75, 3.05) is 13.1 Å². The van der Waals surface area contributed by atoms with E-state index in [4.69, 9.17) is 10.5 Å². The van der Waals surface area contributed by atoms with Gasteiger partial charge in [-0.2, -0.15) is 0 Å². The van der Waals surface area contributed by atoms with E-state index in [9.17, 15) is 14.4 Å². The van der Waals surface area contributed by atoms with Crippen LogP contribution in [0, 0.1) is 0 Å². The molecule has 0 aliphatic rings. The molecule has 24 heavy (non-hydrogen) atoms. The molecule has 0 heterocycles. The maximum absolute atomic E-state index is 11.9. The highest BCUT2D eigenvalue weighted by Crippen LogP contribution is 2.06. The lowest BCUT2D eigenvalue weighted by Crippen LogP contribution is -2.46. The number of ether oxygens (including phenoxy) is 1. The molecule has 0 radical (unpaired) electrons. The molecule has 0 aromatic heterocycles. The lowest BCUT2D eigenvalue weighted by molar-refractivity contribution is -0.154. The van der Waals surface area contributed by atoms with E-state index in [1.54, 1.807) is 20.8 Å². The van der Waals surface area contributed by atoms with Crippen molar-refractivity contribution >= 4 is 17.8 Å². The summed E-state index contributed by atoms with van der Waals surface area (Å²) in [4.78, 5) is 35.0. The van der Waals surface area contributed by atoms with Crippen molar-refractivity contribution in [2.45, 2.75) is 38.8 Å². The summed E-state index contributed by atoms with van der Waals surface area (Å²) in [7, 11) is 0. The van der Waals surface area contributed by atoms with Crippen LogP contribution in [0.1, 0.15) is 26.3 Å². The van der Waals surface area contributed by atoms with Crippen LogP contribution in [0.5, 0.6) is 0 Å². The van der Waals surface area contributed by atoms with Crippen LogP contribution in [0.15, 0.2) is 30.3 Å². The van der Waals surface area contributed by atoms with Crippen molar-refractivity contribution in [3.8, 4) is 0 Å². The predicted octanol–water partition coefficient (Wildman–Crippen LogP) is 0.131. The molecule has 0 saturated carbocycles. The van der Waals surface area contributed by atoms with Crippen LogP contribution in [0.25, 0.3) is 0 Å². The second kappa shape index (κ2) is 9.02. The zero-order chi connectivity index (χ0) is 18.2. The van der Waals surface area contributed by atoms with Gasteiger partial charge in [-0.05, 0) is 32.8 Å². The number of esters is 1. The van der Waals surface area contributed by atoms with Crippen LogP contribution in [0.3, 0.4) is 0 Å². The van der Waals surface area contributed by atoms with E-state index in [0.29, 0.717) is 6.42 Å². The third-order valence-corrected chi connectivity index (χ3v) is 2.91. The van der Waals surface area contributed by atoms with Crippen molar-refractivity contribution in [3.05, 3.63) is 35.9 Å². The Morgan fingerprint density at radius 3 is 2.29 bits per heavy atom. The fraction of sp³-hybridized carbons (Fsp3) is 0.471. The van der Waals surface area contributed by atoms with Crippen LogP contribution in [0.2, 0.25) is 0 Å². The Bertz CT molecular complexity index is 567. The Kier molecular flexibility index (Phi) is 7.38. The topological polar surface area (TPSA) is 111 Å². The van der Waals surface area contributed by atoms with E-state index >= 15 is 0 Å². The minimum absolute atomic E-state index is 0.246. The highest BCUT2D eigenvalue weighted by Gasteiger charge is 2.18. The number of amides is 2. The van der Waals surface area contributed by atoms with Gasteiger partial charge in [-0.3, -0.25) is 14.4 Å². The molecule has 0 saturated heterocycles. The van der Waals surface area contributed by atoms with Gasteiger partial charge in [0, 0.05) is 0 Å². The number of hydrogen-bond acceptors (Lipinski definition) is 5. The fourth-order valence-electron chi connectivity index (χ4n) is 1.87. The van der Waals surface area contributed by atoms with Gasteiger partial charge < -0.3 is 21.1 Å². The minimum Gasteiger partial charge on any atom is -0.459 e. The minimum atomic E-state index is -0.744. The van der Waals surface area contributed by atoms with E-state index < -0.39 is 29.4 Å². The van der Waals surface area contributed by atoms with Crippen LogP contribution < -0.4 is 16.4 Å². The van der Waals surface area contributed by atoms with Crippen molar-refractivity contribution in [3.63, 3.8) is 0 Å². The number of nitrogens with two attached hydrogens (primary N) is 1. The van der Waals surface area contributed by atoms with Gasteiger partial charge >= 0.3 is 5.97 Å². The van der Waals surface area contributed by atoms with Crippen molar-refractivity contribution in [2.24, 2.45) is 5.73 Å². The molecule has 7 nitrogen and oxygen atoms in total. The first-order valence-corrected chi connectivity index (χ1v) is 7.73. The number of rotatable bonds is 7. The van der Waals surface area contributed by atoms with Gasteiger partial charge in [-0.25, -0.2) is 0 Å². The zero-order valence-electron chi connectivity index (χ0n) is 14.3. The third kappa shape index (κ3) is 8.28. The maximum Gasteiger partial charge on any atom is 0.325 e. The van der Waals surface area contributed by atoms with E-state index in [-0.39, 0.29) is 13.1 Å². The number of carbonyl (C=O) groups is 3. The summed E-state index contributed by atoms with van der Waals surface area (Å²) in [6, 6.07) is 8.62. The predicted molar refractivity (Wildman–Crippen MR) is 90.0 cm³/mol. The highest BCUT2D eigenvalue weighted by atomic mass is 16.6. The maximum atomic E-state index is 11.9. The normalized spacial score (nSPS) is 12.2. The highest BCUT2D eigenvalue weighted by molar-refractivity contribution is 5.88. The molecule has 1 atom stereocenters. The van der Waals surface area contributed by atoms with E-state index in [1.165, 1.54) is 0 Å². The number of nitrogens with one attached hydrogen (secondary N) is 2. The first-order chi connectivity index (χ1) is 11.2. The molecule has 0 unspecified atom stereocenters. The summed E-state index contributed by atoms with van der Waals surface area (Å²) in [5.74, 6) is -1.45. The first-order valence-electron chi connectivity index (χ1n) is 7.73. The van der Waals surface area contributed by atoms with Gasteiger partial charge in [-0.15, -0.1) is 0 Å². The van der Waals surface area contributed by atoms with Crippen LogP contribution in [0.4, 0.5) is 0 Å². The lowest BCUT2D eigenvalue weighted by Gasteiger charge is -2.19. The Balaban J connectivity index is 2.28.